The Balaban J connectivity index is 1.27. The summed E-state index contributed by atoms with van der Waals surface area (Å²) >= 11 is 5.90. The summed E-state index contributed by atoms with van der Waals surface area (Å²) in [5, 5.41) is 10.4. The summed E-state index contributed by atoms with van der Waals surface area (Å²) in [6, 6.07) is 12.7. The zero-order valence-electron chi connectivity index (χ0n) is 17.2. The highest BCUT2D eigenvalue weighted by atomic mass is 35.5. The molecule has 1 aliphatic carbocycles. The molecule has 160 valence electrons. The van der Waals surface area contributed by atoms with Gasteiger partial charge in [-0.3, -0.25) is 9.59 Å². The summed E-state index contributed by atoms with van der Waals surface area (Å²) in [7, 11) is 0. The molecule has 1 saturated carbocycles. The largest absolute Gasteiger partial charge is 0.339 e. The number of carbonyl (C=O) groups excluding carboxylic acids is 2. The van der Waals surface area contributed by atoms with Gasteiger partial charge in [0, 0.05) is 40.7 Å². The zero-order chi connectivity index (χ0) is 21.8. The third-order valence-electron chi connectivity index (χ3n) is 5.09. The molecule has 4 rings (SSSR count). The van der Waals surface area contributed by atoms with Crippen molar-refractivity contribution in [1.82, 2.24) is 10.1 Å². The topological polar surface area (TPSA) is 97.1 Å². The van der Waals surface area contributed by atoms with Gasteiger partial charge in [0.15, 0.2) is 0 Å². The SMILES string of the molecule is Cc1ccc(NC(=O)C2CC2)cc1NC(=O)CCCc1nc(-c2ccc(Cl)cc2)no1. The van der Waals surface area contributed by atoms with Gasteiger partial charge in [-0.05, 0) is 68.1 Å². The molecule has 2 amide bonds. The van der Waals surface area contributed by atoms with Gasteiger partial charge in [-0.1, -0.05) is 22.8 Å². The fourth-order valence-corrected chi connectivity index (χ4v) is 3.24. The number of aromatic nitrogens is 2. The second-order valence-corrected chi connectivity index (χ2v) is 8.15. The minimum atomic E-state index is -0.105. The summed E-state index contributed by atoms with van der Waals surface area (Å²) in [5.74, 6) is 1.05. The standard InChI is InChI=1S/C23H23ClN4O3/c1-14-5-12-18(25-23(30)16-6-7-16)13-19(14)26-20(29)3-2-4-21-27-22(28-31-21)15-8-10-17(24)11-9-15/h5,8-13,16H,2-4,6-7H2,1H3,(H,25,30)(H,26,29). The molecule has 1 aliphatic rings. The van der Waals surface area contributed by atoms with Gasteiger partial charge in [0.2, 0.25) is 23.5 Å². The van der Waals surface area contributed by atoms with Crippen LogP contribution >= 0.6 is 11.6 Å². The number of rotatable bonds is 8. The molecule has 1 fully saturated rings. The van der Waals surface area contributed by atoms with Gasteiger partial charge < -0.3 is 15.2 Å². The number of aryl methyl sites for hydroxylation is 2. The molecule has 0 bridgehead atoms. The Morgan fingerprint density at radius 3 is 2.65 bits per heavy atom. The van der Waals surface area contributed by atoms with E-state index in [9.17, 15) is 9.59 Å². The number of halogens is 1. The maximum atomic E-state index is 12.4. The summed E-state index contributed by atoms with van der Waals surface area (Å²) in [4.78, 5) is 28.7. The van der Waals surface area contributed by atoms with Crippen molar-refractivity contribution < 1.29 is 14.1 Å². The number of anilines is 2. The molecule has 3 aromatic rings. The van der Waals surface area contributed by atoms with Crippen LogP contribution in [0.2, 0.25) is 5.02 Å². The first kappa shape index (κ1) is 21.1. The lowest BCUT2D eigenvalue weighted by Crippen LogP contribution is -2.15. The third-order valence-corrected chi connectivity index (χ3v) is 5.34. The van der Waals surface area contributed by atoms with Crippen molar-refractivity contribution >= 4 is 34.8 Å². The van der Waals surface area contributed by atoms with Crippen LogP contribution < -0.4 is 10.6 Å². The molecule has 1 heterocycles. The Kier molecular flexibility index (Phi) is 6.32. The smallest absolute Gasteiger partial charge is 0.227 e. The molecular formula is C23H23ClN4O3. The van der Waals surface area contributed by atoms with Crippen LogP contribution in [-0.4, -0.2) is 22.0 Å². The summed E-state index contributed by atoms with van der Waals surface area (Å²) in [6.07, 6.45) is 3.29. The first-order valence-corrected chi connectivity index (χ1v) is 10.7. The van der Waals surface area contributed by atoms with Crippen molar-refractivity contribution in [2.75, 3.05) is 10.6 Å². The Morgan fingerprint density at radius 2 is 1.90 bits per heavy atom. The van der Waals surface area contributed by atoms with E-state index in [1.807, 2.05) is 31.2 Å². The van der Waals surface area contributed by atoms with Gasteiger partial charge >= 0.3 is 0 Å². The predicted octanol–water partition coefficient (Wildman–Crippen LogP) is 5.01. The third kappa shape index (κ3) is 5.70. The quantitative estimate of drug-likeness (QED) is 0.515. The fourth-order valence-electron chi connectivity index (χ4n) is 3.11. The van der Waals surface area contributed by atoms with Crippen molar-refractivity contribution in [2.24, 2.45) is 5.92 Å². The summed E-state index contributed by atoms with van der Waals surface area (Å²) in [5.41, 5.74) is 3.14. The van der Waals surface area contributed by atoms with Crippen LogP contribution in [0.3, 0.4) is 0 Å². The average Bonchev–Trinajstić information content (AvgIpc) is 3.50. The highest BCUT2D eigenvalue weighted by molar-refractivity contribution is 6.30. The van der Waals surface area contributed by atoms with E-state index in [4.69, 9.17) is 16.1 Å². The number of carbonyl (C=O) groups is 2. The molecule has 0 unspecified atom stereocenters. The Labute approximate surface area is 185 Å². The van der Waals surface area contributed by atoms with Crippen LogP contribution in [0.25, 0.3) is 11.4 Å². The number of nitrogens with zero attached hydrogens (tertiary/aromatic N) is 2. The molecular weight excluding hydrogens is 416 g/mol. The van der Waals surface area contributed by atoms with Gasteiger partial charge in [-0.25, -0.2) is 0 Å². The minimum absolute atomic E-state index is 0.0404. The lowest BCUT2D eigenvalue weighted by atomic mass is 10.1. The van der Waals surface area contributed by atoms with Crippen LogP contribution in [-0.2, 0) is 16.0 Å². The zero-order valence-corrected chi connectivity index (χ0v) is 17.9. The van der Waals surface area contributed by atoms with Crippen molar-refractivity contribution in [3.05, 3.63) is 58.9 Å². The van der Waals surface area contributed by atoms with E-state index in [0.29, 0.717) is 47.4 Å². The molecule has 31 heavy (non-hydrogen) atoms. The van der Waals surface area contributed by atoms with Crippen molar-refractivity contribution in [2.45, 2.75) is 39.0 Å². The first-order chi connectivity index (χ1) is 15.0. The van der Waals surface area contributed by atoms with Crippen LogP contribution in [0.15, 0.2) is 47.0 Å². The maximum Gasteiger partial charge on any atom is 0.227 e. The van der Waals surface area contributed by atoms with E-state index in [2.05, 4.69) is 20.8 Å². The van der Waals surface area contributed by atoms with E-state index < -0.39 is 0 Å². The average molecular weight is 439 g/mol. The van der Waals surface area contributed by atoms with E-state index in [-0.39, 0.29) is 17.7 Å². The van der Waals surface area contributed by atoms with Crippen LogP contribution in [0.4, 0.5) is 11.4 Å². The second kappa shape index (κ2) is 9.31. The lowest BCUT2D eigenvalue weighted by Gasteiger charge is -2.11. The van der Waals surface area contributed by atoms with Crippen molar-refractivity contribution in [1.29, 1.82) is 0 Å². The number of amides is 2. The number of hydrogen-bond acceptors (Lipinski definition) is 5. The highest BCUT2D eigenvalue weighted by Crippen LogP contribution is 2.31. The Bertz CT molecular complexity index is 1090. The monoisotopic (exact) mass is 438 g/mol. The van der Waals surface area contributed by atoms with Gasteiger partial charge in [-0.15, -0.1) is 0 Å². The predicted molar refractivity (Wildman–Crippen MR) is 119 cm³/mol. The Hall–Kier alpha value is -3.19. The second-order valence-electron chi connectivity index (χ2n) is 7.71. The molecule has 0 spiro atoms. The summed E-state index contributed by atoms with van der Waals surface area (Å²) in [6.45, 7) is 1.92. The van der Waals surface area contributed by atoms with Gasteiger partial charge in [0.05, 0.1) is 0 Å². The molecule has 0 saturated heterocycles. The summed E-state index contributed by atoms with van der Waals surface area (Å²) < 4.78 is 5.28. The van der Waals surface area contributed by atoms with Gasteiger partial charge in [0.1, 0.15) is 0 Å². The van der Waals surface area contributed by atoms with Crippen molar-refractivity contribution in [3.8, 4) is 11.4 Å². The molecule has 0 aliphatic heterocycles. The lowest BCUT2D eigenvalue weighted by molar-refractivity contribution is -0.117. The minimum Gasteiger partial charge on any atom is -0.339 e. The molecule has 2 N–H and O–H groups in total. The van der Waals surface area contributed by atoms with Gasteiger partial charge in [-0.2, -0.15) is 4.98 Å². The van der Waals surface area contributed by atoms with Gasteiger partial charge in [0.25, 0.3) is 0 Å². The Morgan fingerprint density at radius 1 is 1.13 bits per heavy atom. The highest BCUT2D eigenvalue weighted by Gasteiger charge is 2.29. The molecule has 0 radical (unpaired) electrons. The number of nitrogens with one attached hydrogen (secondary N) is 2. The number of benzene rings is 2. The van der Waals surface area contributed by atoms with E-state index in [0.717, 1.165) is 24.0 Å². The van der Waals surface area contributed by atoms with Crippen LogP contribution in [0, 0.1) is 12.8 Å². The normalized spacial score (nSPS) is 13.1. The van der Waals surface area contributed by atoms with Crippen LogP contribution in [0.5, 0.6) is 0 Å². The van der Waals surface area contributed by atoms with E-state index in [1.54, 1.807) is 18.2 Å². The molecule has 8 heteroatoms. The fraction of sp³-hybridized carbons (Fsp3) is 0.304. The first-order valence-electron chi connectivity index (χ1n) is 10.3. The van der Waals surface area contributed by atoms with E-state index in [1.165, 1.54) is 0 Å². The van der Waals surface area contributed by atoms with Crippen molar-refractivity contribution in [3.63, 3.8) is 0 Å². The maximum absolute atomic E-state index is 12.4. The molecule has 0 atom stereocenters. The molecule has 1 aromatic heterocycles. The number of hydrogen-bond donors (Lipinski definition) is 2. The molecule has 2 aromatic carbocycles. The van der Waals surface area contributed by atoms with E-state index >= 15 is 0 Å². The molecule has 7 nitrogen and oxygen atoms in total. The van der Waals surface area contributed by atoms with Crippen LogP contribution in [0.1, 0.15) is 37.1 Å².